The molecule has 7 nitrogen and oxygen atoms in total. The molecular formula is C10H10IN5O2S. The number of nitrogens with two attached hydrogens (primary N) is 1. The van der Waals surface area contributed by atoms with Crippen LogP contribution < -0.4 is 16.0 Å². The number of rotatable bonds is 4. The van der Waals surface area contributed by atoms with E-state index in [0.29, 0.717) is 5.69 Å². The number of hydrogen-bond acceptors (Lipinski definition) is 6. The van der Waals surface area contributed by atoms with Crippen LogP contribution in [0.1, 0.15) is 0 Å². The summed E-state index contributed by atoms with van der Waals surface area (Å²) in [4.78, 5) is 7.47. The minimum atomic E-state index is -3.70. The number of benzene rings is 1. The van der Waals surface area contributed by atoms with Crippen LogP contribution in [0.4, 0.5) is 11.6 Å². The van der Waals surface area contributed by atoms with E-state index in [1.807, 2.05) is 0 Å². The molecule has 4 N–H and O–H groups in total. The lowest BCUT2D eigenvalue weighted by atomic mass is 10.3. The molecule has 0 fully saturated rings. The summed E-state index contributed by atoms with van der Waals surface area (Å²) in [5.41, 5.74) is 2.70. The van der Waals surface area contributed by atoms with Gasteiger partial charge in [-0.2, -0.15) is 0 Å². The first-order chi connectivity index (χ1) is 9.01. The Hall–Kier alpha value is -1.46. The predicted molar refractivity (Wildman–Crippen MR) is 79.8 cm³/mol. The number of hydrogen-bond donors (Lipinski definition) is 3. The van der Waals surface area contributed by atoms with Crippen molar-refractivity contribution in [2.24, 2.45) is 5.84 Å². The van der Waals surface area contributed by atoms with Gasteiger partial charge in [0.15, 0.2) is 0 Å². The molecule has 0 spiro atoms. The quantitative estimate of drug-likeness (QED) is 0.410. The molecule has 9 heteroatoms. The summed E-state index contributed by atoms with van der Waals surface area (Å²) in [6, 6.07) is 6.96. The van der Waals surface area contributed by atoms with Gasteiger partial charge in [-0.1, -0.05) is 0 Å². The maximum Gasteiger partial charge on any atom is 0.264 e. The van der Waals surface area contributed by atoms with Gasteiger partial charge < -0.3 is 0 Å². The summed E-state index contributed by atoms with van der Waals surface area (Å²) in [7, 11) is -3.70. The van der Waals surface area contributed by atoms with Gasteiger partial charge in [0.05, 0.1) is 12.4 Å². The van der Waals surface area contributed by atoms with E-state index in [0.717, 1.165) is 3.57 Å². The Labute approximate surface area is 123 Å². The molecule has 0 radical (unpaired) electrons. The molecule has 0 aliphatic carbocycles. The fraction of sp³-hybridized carbons (Fsp3) is 0. The molecule has 0 saturated carbocycles. The van der Waals surface area contributed by atoms with Gasteiger partial charge in [-0.3, -0.25) is 10.1 Å². The molecule has 1 heterocycles. The fourth-order valence-corrected chi connectivity index (χ4v) is 2.57. The monoisotopic (exact) mass is 391 g/mol. The lowest BCUT2D eigenvalue weighted by Crippen LogP contribution is -2.15. The van der Waals surface area contributed by atoms with Crippen molar-refractivity contribution in [3.05, 3.63) is 40.2 Å². The van der Waals surface area contributed by atoms with Gasteiger partial charge >= 0.3 is 0 Å². The highest BCUT2D eigenvalue weighted by Gasteiger charge is 2.15. The average Bonchev–Trinajstić information content (AvgIpc) is 2.41. The van der Waals surface area contributed by atoms with Crippen molar-refractivity contribution in [3.8, 4) is 0 Å². The maximum atomic E-state index is 12.0. The number of nitrogens with zero attached hydrogens (tertiary/aromatic N) is 2. The Morgan fingerprint density at radius 1 is 1.11 bits per heavy atom. The Morgan fingerprint density at radius 3 is 2.21 bits per heavy atom. The van der Waals surface area contributed by atoms with Crippen molar-refractivity contribution in [3.63, 3.8) is 0 Å². The van der Waals surface area contributed by atoms with Crippen LogP contribution in [0, 0.1) is 3.57 Å². The highest BCUT2D eigenvalue weighted by Crippen LogP contribution is 2.16. The molecule has 1 aromatic heterocycles. The molecule has 19 heavy (non-hydrogen) atoms. The summed E-state index contributed by atoms with van der Waals surface area (Å²) in [6.07, 6.45) is 2.36. The average molecular weight is 391 g/mol. The summed E-state index contributed by atoms with van der Waals surface area (Å²) in [6.45, 7) is 0. The minimum Gasteiger partial charge on any atom is -0.292 e. The lowest BCUT2D eigenvalue weighted by molar-refractivity contribution is 0.600. The standard InChI is InChI=1S/C10H10IN5O2S/c11-7-1-3-8(4-2-7)16-19(17,18)9-5-13-10(15-12)14-6-9/h1-6,16H,12H2,(H,13,14,15). The zero-order chi connectivity index (χ0) is 13.9. The van der Waals surface area contributed by atoms with Crippen LogP contribution in [0.5, 0.6) is 0 Å². The molecule has 0 aliphatic rings. The van der Waals surface area contributed by atoms with E-state index >= 15 is 0 Å². The molecule has 2 aromatic rings. The van der Waals surface area contributed by atoms with Gasteiger partial charge in [0.25, 0.3) is 10.0 Å². The van der Waals surface area contributed by atoms with Crippen molar-refractivity contribution in [2.75, 3.05) is 10.1 Å². The smallest absolute Gasteiger partial charge is 0.264 e. The van der Waals surface area contributed by atoms with Gasteiger partial charge in [0.2, 0.25) is 5.95 Å². The van der Waals surface area contributed by atoms with Gasteiger partial charge in [-0.05, 0) is 46.9 Å². The van der Waals surface area contributed by atoms with E-state index < -0.39 is 10.0 Å². The third-order valence-electron chi connectivity index (χ3n) is 2.16. The minimum absolute atomic E-state index is 0.0370. The number of aromatic nitrogens is 2. The van der Waals surface area contributed by atoms with Gasteiger partial charge in [0, 0.05) is 9.26 Å². The molecule has 2 rings (SSSR count). The number of halogens is 1. The fourth-order valence-electron chi connectivity index (χ4n) is 1.26. The molecule has 0 amide bonds. The molecule has 100 valence electrons. The molecule has 0 atom stereocenters. The SMILES string of the molecule is NNc1ncc(S(=O)(=O)Nc2ccc(I)cc2)cn1. The number of nitrogen functional groups attached to an aromatic ring is 1. The van der Waals surface area contributed by atoms with E-state index in [-0.39, 0.29) is 10.8 Å². The zero-order valence-electron chi connectivity index (χ0n) is 9.54. The van der Waals surface area contributed by atoms with Crippen LogP contribution in [0.25, 0.3) is 0 Å². The molecule has 0 unspecified atom stereocenters. The molecule has 0 aliphatic heterocycles. The zero-order valence-corrected chi connectivity index (χ0v) is 12.5. The lowest BCUT2D eigenvalue weighted by Gasteiger charge is -2.07. The Bertz CT molecular complexity index is 657. The summed E-state index contributed by atoms with van der Waals surface area (Å²) in [5.74, 6) is 5.25. The highest BCUT2D eigenvalue weighted by atomic mass is 127. The predicted octanol–water partition coefficient (Wildman–Crippen LogP) is 1.17. The molecular weight excluding hydrogens is 381 g/mol. The van der Waals surface area contributed by atoms with Crippen molar-refractivity contribution < 1.29 is 8.42 Å². The van der Waals surface area contributed by atoms with E-state index in [1.165, 1.54) is 12.4 Å². The Morgan fingerprint density at radius 2 is 1.68 bits per heavy atom. The maximum absolute atomic E-state index is 12.0. The van der Waals surface area contributed by atoms with Crippen LogP contribution in [0.15, 0.2) is 41.6 Å². The largest absolute Gasteiger partial charge is 0.292 e. The first-order valence-corrected chi connectivity index (χ1v) is 7.64. The second-order valence-corrected chi connectivity index (χ2v) is 6.43. The Balaban J connectivity index is 2.24. The summed E-state index contributed by atoms with van der Waals surface area (Å²) in [5, 5.41) is 0. The Kier molecular flexibility index (Phi) is 4.17. The van der Waals surface area contributed by atoms with Crippen LogP contribution in [0.2, 0.25) is 0 Å². The van der Waals surface area contributed by atoms with Crippen molar-refractivity contribution in [2.45, 2.75) is 4.90 Å². The topological polar surface area (TPSA) is 110 Å². The number of sulfonamides is 1. The van der Waals surface area contributed by atoms with Gasteiger partial charge in [-0.25, -0.2) is 24.2 Å². The number of hydrazine groups is 1. The molecule has 1 aromatic carbocycles. The van der Waals surface area contributed by atoms with Crippen molar-refractivity contribution >= 4 is 44.2 Å². The van der Waals surface area contributed by atoms with Crippen LogP contribution in [-0.4, -0.2) is 18.4 Å². The molecule has 0 saturated heterocycles. The van der Waals surface area contributed by atoms with E-state index in [9.17, 15) is 8.42 Å². The second-order valence-electron chi connectivity index (χ2n) is 3.50. The first kappa shape index (κ1) is 14.0. The van der Waals surface area contributed by atoms with Gasteiger partial charge in [-0.15, -0.1) is 0 Å². The summed E-state index contributed by atoms with van der Waals surface area (Å²) < 4.78 is 27.5. The molecule has 0 bridgehead atoms. The van der Waals surface area contributed by atoms with E-state index in [2.05, 4.69) is 42.7 Å². The third-order valence-corrected chi connectivity index (χ3v) is 4.22. The summed E-state index contributed by atoms with van der Waals surface area (Å²) >= 11 is 2.14. The van der Waals surface area contributed by atoms with Crippen LogP contribution >= 0.6 is 22.6 Å². The van der Waals surface area contributed by atoms with Crippen molar-refractivity contribution in [1.82, 2.24) is 9.97 Å². The highest BCUT2D eigenvalue weighted by molar-refractivity contribution is 14.1. The first-order valence-electron chi connectivity index (χ1n) is 5.08. The van der Waals surface area contributed by atoms with Crippen LogP contribution in [0.3, 0.4) is 0 Å². The van der Waals surface area contributed by atoms with Crippen molar-refractivity contribution in [1.29, 1.82) is 0 Å². The van der Waals surface area contributed by atoms with Gasteiger partial charge in [0.1, 0.15) is 4.90 Å². The number of anilines is 2. The number of nitrogens with one attached hydrogen (secondary N) is 2. The van der Waals surface area contributed by atoms with Crippen LogP contribution in [-0.2, 0) is 10.0 Å². The second kappa shape index (κ2) is 5.67. The van der Waals surface area contributed by atoms with E-state index in [4.69, 9.17) is 5.84 Å². The normalized spacial score (nSPS) is 11.1. The van der Waals surface area contributed by atoms with E-state index in [1.54, 1.807) is 24.3 Å². The third kappa shape index (κ3) is 3.52.